The van der Waals surface area contributed by atoms with Crippen molar-refractivity contribution in [1.29, 1.82) is 0 Å². The van der Waals surface area contributed by atoms with Gasteiger partial charge in [0.2, 0.25) is 11.8 Å². The highest BCUT2D eigenvalue weighted by Crippen LogP contribution is 2.19. The van der Waals surface area contributed by atoms with Crippen molar-refractivity contribution in [3.05, 3.63) is 29.8 Å². The molecule has 2 aliphatic rings. The maximum Gasteiger partial charge on any atom is 0.223 e. The van der Waals surface area contributed by atoms with E-state index in [1.165, 1.54) is 12.8 Å². The molecule has 2 fully saturated rings. The summed E-state index contributed by atoms with van der Waals surface area (Å²) in [6.07, 6.45) is 5.26. The molecule has 0 aliphatic carbocycles. The molecule has 1 N–H and O–H groups in total. The molecule has 0 spiro atoms. The van der Waals surface area contributed by atoms with E-state index in [1.54, 1.807) is 7.11 Å². The van der Waals surface area contributed by atoms with E-state index in [0.717, 1.165) is 37.2 Å². The van der Waals surface area contributed by atoms with Crippen LogP contribution in [0.15, 0.2) is 24.3 Å². The summed E-state index contributed by atoms with van der Waals surface area (Å²) in [6, 6.07) is 7.86. The standard InChI is InChI=1S/C22H33N3O3.ClH/c1-28-20-6-2-18(3-7-20)4-8-21(26)24-14-16-25(17-15-24)22(27)9-5-19-10-12-23-13-11-19;/h2-3,6-7,19,23H,4-5,8-17H2,1H3;1H. The maximum atomic E-state index is 12.5. The van der Waals surface area contributed by atoms with Crippen molar-refractivity contribution in [2.24, 2.45) is 5.92 Å². The van der Waals surface area contributed by atoms with Gasteiger partial charge in [0.15, 0.2) is 0 Å². The Hall–Kier alpha value is -1.79. The van der Waals surface area contributed by atoms with Gasteiger partial charge in [0, 0.05) is 39.0 Å². The third-order valence-electron chi connectivity index (χ3n) is 6.00. The molecule has 7 heteroatoms. The first-order valence-electron chi connectivity index (χ1n) is 10.5. The summed E-state index contributed by atoms with van der Waals surface area (Å²) in [5, 5.41) is 3.37. The summed E-state index contributed by atoms with van der Waals surface area (Å²) in [6.45, 7) is 4.80. The second kappa shape index (κ2) is 12.0. The Morgan fingerprint density at radius 2 is 1.52 bits per heavy atom. The molecule has 1 aromatic rings. The number of aryl methyl sites for hydroxylation is 1. The minimum absolute atomic E-state index is 0. The Morgan fingerprint density at radius 3 is 2.07 bits per heavy atom. The van der Waals surface area contributed by atoms with Gasteiger partial charge in [-0.2, -0.15) is 0 Å². The van der Waals surface area contributed by atoms with Gasteiger partial charge in [-0.05, 0) is 62.4 Å². The summed E-state index contributed by atoms with van der Waals surface area (Å²) in [7, 11) is 1.65. The highest BCUT2D eigenvalue weighted by atomic mass is 35.5. The van der Waals surface area contributed by atoms with E-state index in [4.69, 9.17) is 4.74 Å². The van der Waals surface area contributed by atoms with Gasteiger partial charge in [-0.1, -0.05) is 12.1 Å². The number of carbonyl (C=O) groups excluding carboxylic acids is 2. The van der Waals surface area contributed by atoms with Crippen LogP contribution in [0.2, 0.25) is 0 Å². The third-order valence-corrected chi connectivity index (χ3v) is 6.00. The Morgan fingerprint density at radius 1 is 0.966 bits per heavy atom. The quantitative estimate of drug-likeness (QED) is 0.731. The van der Waals surface area contributed by atoms with Crippen LogP contribution in [0.5, 0.6) is 5.75 Å². The van der Waals surface area contributed by atoms with Gasteiger partial charge in [-0.25, -0.2) is 0 Å². The Kier molecular flexibility index (Phi) is 9.74. The zero-order valence-corrected chi connectivity index (χ0v) is 18.2. The average molecular weight is 424 g/mol. The van der Waals surface area contributed by atoms with Crippen LogP contribution in [0, 0.1) is 5.92 Å². The van der Waals surface area contributed by atoms with Crippen LogP contribution < -0.4 is 10.1 Å². The summed E-state index contributed by atoms with van der Waals surface area (Å²) in [5.41, 5.74) is 1.14. The molecule has 2 heterocycles. The molecule has 0 bridgehead atoms. The van der Waals surface area contributed by atoms with Gasteiger partial charge < -0.3 is 19.9 Å². The van der Waals surface area contributed by atoms with Gasteiger partial charge in [-0.3, -0.25) is 9.59 Å². The fourth-order valence-electron chi connectivity index (χ4n) is 4.06. The van der Waals surface area contributed by atoms with Gasteiger partial charge in [0.25, 0.3) is 0 Å². The van der Waals surface area contributed by atoms with Gasteiger partial charge in [0.1, 0.15) is 5.75 Å². The minimum Gasteiger partial charge on any atom is -0.497 e. The minimum atomic E-state index is 0. The molecule has 2 amide bonds. The van der Waals surface area contributed by atoms with Crippen molar-refractivity contribution in [3.63, 3.8) is 0 Å². The lowest BCUT2D eigenvalue weighted by molar-refractivity contribution is -0.139. The molecule has 0 atom stereocenters. The number of benzene rings is 1. The van der Waals surface area contributed by atoms with E-state index >= 15 is 0 Å². The van der Waals surface area contributed by atoms with Crippen molar-refractivity contribution in [2.75, 3.05) is 46.4 Å². The van der Waals surface area contributed by atoms with Gasteiger partial charge in [-0.15, -0.1) is 12.4 Å². The summed E-state index contributed by atoms with van der Waals surface area (Å²) < 4.78 is 5.16. The molecule has 2 saturated heterocycles. The lowest BCUT2D eigenvalue weighted by Gasteiger charge is -2.35. The molecule has 0 aromatic heterocycles. The third kappa shape index (κ3) is 7.19. The zero-order chi connectivity index (χ0) is 19.8. The molecule has 0 unspecified atom stereocenters. The monoisotopic (exact) mass is 423 g/mol. The van der Waals surface area contributed by atoms with Crippen LogP contribution in [0.4, 0.5) is 0 Å². The number of ether oxygens (including phenoxy) is 1. The van der Waals surface area contributed by atoms with E-state index < -0.39 is 0 Å². The smallest absolute Gasteiger partial charge is 0.223 e. The van der Waals surface area contributed by atoms with Crippen molar-refractivity contribution >= 4 is 24.2 Å². The van der Waals surface area contributed by atoms with Crippen LogP contribution >= 0.6 is 12.4 Å². The predicted molar refractivity (Wildman–Crippen MR) is 117 cm³/mol. The summed E-state index contributed by atoms with van der Waals surface area (Å²) in [5.74, 6) is 1.95. The highest BCUT2D eigenvalue weighted by Gasteiger charge is 2.24. The first kappa shape index (κ1) is 23.5. The number of piperazine rings is 1. The van der Waals surface area contributed by atoms with E-state index in [0.29, 0.717) is 44.9 Å². The second-order valence-electron chi connectivity index (χ2n) is 7.84. The zero-order valence-electron chi connectivity index (χ0n) is 17.4. The Balaban J connectivity index is 0.00000300. The Bertz CT molecular complexity index is 639. The first-order valence-corrected chi connectivity index (χ1v) is 10.5. The maximum absolute atomic E-state index is 12.5. The normalized spacial score (nSPS) is 17.6. The predicted octanol–water partition coefficient (Wildman–Crippen LogP) is 2.50. The number of rotatable bonds is 7. The number of nitrogens with zero attached hydrogens (tertiary/aromatic N) is 2. The van der Waals surface area contributed by atoms with Gasteiger partial charge in [0.05, 0.1) is 7.11 Å². The molecule has 2 aliphatic heterocycles. The lowest BCUT2D eigenvalue weighted by Crippen LogP contribution is -2.50. The number of carbonyl (C=O) groups is 2. The van der Waals surface area contributed by atoms with Crippen molar-refractivity contribution < 1.29 is 14.3 Å². The lowest BCUT2D eigenvalue weighted by atomic mass is 9.93. The molecule has 29 heavy (non-hydrogen) atoms. The van der Waals surface area contributed by atoms with Crippen LogP contribution in [0.25, 0.3) is 0 Å². The van der Waals surface area contributed by atoms with E-state index in [2.05, 4.69) is 5.32 Å². The van der Waals surface area contributed by atoms with Crippen molar-refractivity contribution in [3.8, 4) is 5.75 Å². The molecule has 3 rings (SSSR count). The van der Waals surface area contributed by atoms with Crippen LogP contribution in [-0.2, 0) is 16.0 Å². The largest absolute Gasteiger partial charge is 0.497 e. The van der Waals surface area contributed by atoms with Crippen molar-refractivity contribution in [1.82, 2.24) is 15.1 Å². The number of amides is 2. The fraction of sp³-hybridized carbons (Fsp3) is 0.636. The van der Waals surface area contributed by atoms with Gasteiger partial charge >= 0.3 is 0 Å². The van der Waals surface area contributed by atoms with Crippen LogP contribution in [0.1, 0.15) is 37.7 Å². The van der Waals surface area contributed by atoms with E-state index in [1.807, 2.05) is 34.1 Å². The molecule has 6 nitrogen and oxygen atoms in total. The first-order chi connectivity index (χ1) is 13.7. The SMILES string of the molecule is COc1ccc(CCC(=O)N2CCN(C(=O)CCC3CCNCC3)CC2)cc1.Cl. The summed E-state index contributed by atoms with van der Waals surface area (Å²) in [4.78, 5) is 28.8. The van der Waals surface area contributed by atoms with Crippen LogP contribution in [0.3, 0.4) is 0 Å². The number of halogens is 1. The molecular weight excluding hydrogens is 390 g/mol. The van der Waals surface area contributed by atoms with Crippen molar-refractivity contribution in [2.45, 2.75) is 38.5 Å². The summed E-state index contributed by atoms with van der Waals surface area (Å²) >= 11 is 0. The second-order valence-corrected chi connectivity index (χ2v) is 7.84. The van der Waals surface area contributed by atoms with E-state index in [-0.39, 0.29) is 24.2 Å². The molecule has 0 radical (unpaired) electrons. The van der Waals surface area contributed by atoms with Crippen LogP contribution in [-0.4, -0.2) is 68.0 Å². The number of nitrogens with one attached hydrogen (secondary N) is 1. The topological polar surface area (TPSA) is 61.9 Å². The highest BCUT2D eigenvalue weighted by molar-refractivity contribution is 5.85. The number of hydrogen-bond acceptors (Lipinski definition) is 4. The molecule has 0 saturated carbocycles. The molecule has 1 aromatic carbocycles. The number of methoxy groups -OCH3 is 1. The molecular formula is C22H34ClN3O3. The number of hydrogen-bond donors (Lipinski definition) is 1. The average Bonchev–Trinajstić information content (AvgIpc) is 2.77. The Labute approximate surface area is 180 Å². The molecule has 162 valence electrons. The number of piperidine rings is 1. The fourth-order valence-corrected chi connectivity index (χ4v) is 4.06. The van der Waals surface area contributed by atoms with E-state index in [9.17, 15) is 9.59 Å².